The number of morpholine rings is 1. The first kappa shape index (κ1) is 23.3. The van der Waals surface area contributed by atoms with Crippen LogP contribution in [0.5, 0.6) is 17.4 Å². The Morgan fingerprint density at radius 3 is 2.73 bits per heavy atom. The fourth-order valence-corrected chi connectivity index (χ4v) is 4.34. The van der Waals surface area contributed by atoms with Crippen LogP contribution in [0.2, 0.25) is 0 Å². The van der Waals surface area contributed by atoms with E-state index in [0.717, 1.165) is 76.1 Å². The topological polar surface area (TPSA) is 70.1 Å². The molecule has 7 heteroatoms. The average molecular weight is 453 g/mol. The number of pyridine rings is 1. The molecule has 7 nitrogen and oxygen atoms in total. The zero-order valence-electron chi connectivity index (χ0n) is 19.3. The number of benzene rings is 1. The quantitative estimate of drug-likeness (QED) is 0.504. The maximum Gasteiger partial charge on any atom is 0.214 e. The number of ether oxygens (including phenoxy) is 4. The van der Waals surface area contributed by atoms with Gasteiger partial charge < -0.3 is 18.9 Å². The van der Waals surface area contributed by atoms with E-state index in [2.05, 4.69) is 16.0 Å². The third kappa shape index (κ3) is 6.12. The highest BCUT2D eigenvalue weighted by Crippen LogP contribution is 2.37. The minimum Gasteiger partial charge on any atom is -0.496 e. The van der Waals surface area contributed by atoms with Crippen molar-refractivity contribution in [2.75, 3.05) is 53.2 Å². The van der Waals surface area contributed by atoms with E-state index < -0.39 is 0 Å². The van der Waals surface area contributed by atoms with Gasteiger partial charge in [-0.05, 0) is 42.9 Å². The molecule has 2 aliphatic rings. The molecule has 0 unspecified atom stereocenters. The second-order valence-corrected chi connectivity index (χ2v) is 8.26. The van der Waals surface area contributed by atoms with Crippen molar-refractivity contribution in [3.05, 3.63) is 53.2 Å². The molecule has 4 rings (SSSR count). The molecule has 2 heterocycles. The predicted octanol–water partition coefficient (Wildman–Crippen LogP) is 4.02. The molecule has 1 aromatic heterocycles. The van der Waals surface area contributed by atoms with E-state index in [1.165, 1.54) is 11.1 Å². The molecule has 1 aromatic carbocycles. The van der Waals surface area contributed by atoms with Crippen molar-refractivity contribution in [1.82, 2.24) is 9.88 Å². The number of rotatable bonds is 10. The van der Waals surface area contributed by atoms with Gasteiger partial charge in [0.1, 0.15) is 24.7 Å². The Labute approximate surface area is 195 Å². The van der Waals surface area contributed by atoms with E-state index >= 15 is 0 Å². The number of methoxy groups -OCH3 is 1. The lowest BCUT2D eigenvalue weighted by molar-refractivity contribution is 0.0320. The molecule has 0 saturated carbocycles. The van der Waals surface area contributed by atoms with Crippen LogP contribution >= 0.6 is 0 Å². The second kappa shape index (κ2) is 11.8. The Morgan fingerprint density at radius 2 is 1.91 bits per heavy atom. The maximum absolute atomic E-state index is 11.7. The van der Waals surface area contributed by atoms with Gasteiger partial charge in [0, 0.05) is 31.3 Å². The third-order valence-electron chi connectivity index (χ3n) is 6.18. The van der Waals surface area contributed by atoms with Crippen molar-refractivity contribution >= 4 is 11.9 Å². The number of carbonyl (C=O) groups excluding carboxylic acids is 1. The van der Waals surface area contributed by atoms with E-state index in [4.69, 9.17) is 18.9 Å². The maximum atomic E-state index is 11.7. The minimum atomic E-state index is 0.424. The highest BCUT2D eigenvalue weighted by atomic mass is 16.5. The van der Waals surface area contributed by atoms with Crippen molar-refractivity contribution in [3.8, 4) is 17.4 Å². The summed E-state index contributed by atoms with van der Waals surface area (Å²) in [6.07, 6.45) is 6.62. The standard InChI is InChI=1S/C26H32N2O5/c1-30-24-9-5-4-8-23(24)22-7-3-2-6-20(22)19-33-25-17-27-26(16-21(25)18-29)32-15-12-28-10-13-31-14-11-28/h4-5,8-9,16-18H,2-3,6-7,10-15,19H2,1H3. The van der Waals surface area contributed by atoms with Crippen molar-refractivity contribution in [1.29, 1.82) is 0 Å². The predicted molar refractivity (Wildman–Crippen MR) is 126 cm³/mol. The fourth-order valence-electron chi connectivity index (χ4n) is 4.34. The molecule has 176 valence electrons. The third-order valence-corrected chi connectivity index (χ3v) is 6.18. The molecule has 0 atom stereocenters. The Hall–Kier alpha value is -2.90. The normalized spacial score (nSPS) is 17.0. The lowest BCUT2D eigenvalue weighted by atomic mass is 9.87. The smallest absolute Gasteiger partial charge is 0.214 e. The van der Waals surface area contributed by atoms with Gasteiger partial charge in [0.25, 0.3) is 0 Å². The molecule has 33 heavy (non-hydrogen) atoms. The molecule has 1 aliphatic carbocycles. The Morgan fingerprint density at radius 1 is 1.09 bits per heavy atom. The number of carbonyl (C=O) groups is 1. The summed E-state index contributed by atoms with van der Waals surface area (Å²) in [6, 6.07) is 9.75. The van der Waals surface area contributed by atoms with Gasteiger partial charge in [-0.25, -0.2) is 4.98 Å². The van der Waals surface area contributed by atoms with Crippen LogP contribution in [0.15, 0.2) is 42.1 Å². The first-order valence-electron chi connectivity index (χ1n) is 11.6. The van der Waals surface area contributed by atoms with Crippen LogP contribution in [0.4, 0.5) is 0 Å². The number of hydrogen-bond acceptors (Lipinski definition) is 7. The summed E-state index contributed by atoms with van der Waals surface area (Å²) in [5.41, 5.74) is 4.09. The average Bonchev–Trinajstić information content (AvgIpc) is 2.88. The van der Waals surface area contributed by atoms with Crippen molar-refractivity contribution in [3.63, 3.8) is 0 Å². The van der Waals surface area contributed by atoms with Crippen LogP contribution in [0.25, 0.3) is 5.57 Å². The zero-order valence-corrected chi connectivity index (χ0v) is 19.3. The summed E-state index contributed by atoms with van der Waals surface area (Å²) >= 11 is 0. The van der Waals surface area contributed by atoms with Gasteiger partial charge in [-0.15, -0.1) is 0 Å². The second-order valence-electron chi connectivity index (χ2n) is 8.26. The number of hydrogen-bond donors (Lipinski definition) is 0. The largest absolute Gasteiger partial charge is 0.496 e. The van der Waals surface area contributed by atoms with Gasteiger partial charge in [0.15, 0.2) is 6.29 Å². The Balaban J connectivity index is 1.41. The molecule has 0 bridgehead atoms. The fraction of sp³-hybridized carbons (Fsp3) is 0.462. The number of allylic oxidation sites excluding steroid dienone is 1. The Bertz CT molecular complexity index is 969. The first-order chi connectivity index (χ1) is 16.3. The summed E-state index contributed by atoms with van der Waals surface area (Å²) in [5.74, 6) is 1.79. The van der Waals surface area contributed by atoms with E-state index in [1.807, 2.05) is 18.2 Å². The molecule has 0 radical (unpaired) electrons. The van der Waals surface area contributed by atoms with Crippen LogP contribution in [-0.2, 0) is 4.74 Å². The highest BCUT2D eigenvalue weighted by Gasteiger charge is 2.19. The van der Waals surface area contributed by atoms with Crippen LogP contribution < -0.4 is 14.2 Å². The van der Waals surface area contributed by atoms with Gasteiger partial charge in [0.2, 0.25) is 5.88 Å². The molecule has 1 saturated heterocycles. The monoisotopic (exact) mass is 452 g/mol. The lowest BCUT2D eigenvalue weighted by Gasteiger charge is -2.26. The number of aromatic nitrogens is 1. The van der Waals surface area contributed by atoms with E-state index in [0.29, 0.717) is 30.4 Å². The van der Waals surface area contributed by atoms with E-state index in [-0.39, 0.29) is 0 Å². The van der Waals surface area contributed by atoms with Gasteiger partial charge in [0.05, 0.1) is 32.1 Å². The van der Waals surface area contributed by atoms with Crippen molar-refractivity contribution in [2.24, 2.45) is 0 Å². The lowest BCUT2D eigenvalue weighted by Crippen LogP contribution is -2.38. The highest BCUT2D eigenvalue weighted by molar-refractivity contribution is 5.79. The SMILES string of the molecule is COc1ccccc1C1=C(COc2cnc(OCCN3CCOCC3)cc2C=O)CCCC1. The first-order valence-corrected chi connectivity index (χ1v) is 11.6. The molecular weight excluding hydrogens is 420 g/mol. The van der Waals surface area contributed by atoms with Gasteiger partial charge in [-0.3, -0.25) is 9.69 Å². The number of para-hydroxylation sites is 1. The van der Waals surface area contributed by atoms with Gasteiger partial charge in [-0.1, -0.05) is 18.2 Å². The number of nitrogens with zero attached hydrogens (tertiary/aromatic N) is 2. The van der Waals surface area contributed by atoms with Crippen LogP contribution in [0.3, 0.4) is 0 Å². The molecule has 0 spiro atoms. The van der Waals surface area contributed by atoms with E-state index in [1.54, 1.807) is 19.4 Å². The van der Waals surface area contributed by atoms with Gasteiger partial charge in [-0.2, -0.15) is 0 Å². The molecule has 1 aliphatic heterocycles. The van der Waals surface area contributed by atoms with Crippen molar-refractivity contribution < 1.29 is 23.7 Å². The Kier molecular flexibility index (Phi) is 8.33. The van der Waals surface area contributed by atoms with Gasteiger partial charge >= 0.3 is 0 Å². The summed E-state index contributed by atoms with van der Waals surface area (Å²) in [5, 5.41) is 0. The molecule has 0 amide bonds. The summed E-state index contributed by atoms with van der Waals surface area (Å²) in [7, 11) is 1.70. The molecule has 2 aromatic rings. The minimum absolute atomic E-state index is 0.424. The molecular formula is C26H32N2O5. The number of aldehydes is 1. The van der Waals surface area contributed by atoms with E-state index in [9.17, 15) is 4.79 Å². The summed E-state index contributed by atoms with van der Waals surface area (Å²) in [6.45, 7) is 5.09. The zero-order chi connectivity index (χ0) is 22.9. The van der Waals surface area contributed by atoms with Crippen molar-refractivity contribution in [2.45, 2.75) is 25.7 Å². The van der Waals surface area contributed by atoms with Crippen LogP contribution in [0.1, 0.15) is 41.6 Å². The van der Waals surface area contributed by atoms with Crippen LogP contribution in [0, 0.1) is 0 Å². The summed E-state index contributed by atoms with van der Waals surface area (Å²) in [4.78, 5) is 18.4. The molecule has 1 fully saturated rings. The summed E-state index contributed by atoms with van der Waals surface area (Å²) < 4.78 is 22.8. The molecule has 0 N–H and O–H groups in total. The van der Waals surface area contributed by atoms with Crippen LogP contribution in [-0.4, -0.2) is 69.3 Å².